The summed E-state index contributed by atoms with van der Waals surface area (Å²) in [6.07, 6.45) is 6.99. The second-order valence-electron chi connectivity index (χ2n) is 5.18. The highest BCUT2D eigenvalue weighted by Gasteiger charge is 2.31. The van der Waals surface area contributed by atoms with E-state index in [4.69, 9.17) is 0 Å². The number of hydrogen-bond acceptors (Lipinski definition) is 2. The predicted octanol–water partition coefficient (Wildman–Crippen LogP) is 1.78. The summed E-state index contributed by atoms with van der Waals surface area (Å²) in [6, 6.07) is 0.644. The lowest BCUT2D eigenvalue weighted by molar-refractivity contribution is -0.139. The SMILES string of the molecule is CCCNC1CCN(C(=O)C2CCC2)CC1. The Kier molecular flexibility index (Phi) is 4.22. The van der Waals surface area contributed by atoms with Crippen LogP contribution in [0.3, 0.4) is 0 Å². The second-order valence-corrected chi connectivity index (χ2v) is 5.18. The molecule has 0 unspecified atom stereocenters. The third-order valence-corrected chi connectivity index (χ3v) is 3.94. The molecule has 16 heavy (non-hydrogen) atoms. The molecule has 0 bridgehead atoms. The van der Waals surface area contributed by atoms with Crippen LogP contribution >= 0.6 is 0 Å². The van der Waals surface area contributed by atoms with Gasteiger partial charge in [0.25, 0.3) is 0 Å². The van der Waals surface area contributed by atoms with Gasteiger partial charge in [0, 0.05) is 25.0 Å². The van der Waals surface area contributed by atoms with Crippen molar-refractivity contribution in [3.05, 3.63) is 0 Å². The standard InChI is InChI=1S/C13H24N2O/c1-2-8-14-12-6-9-15(10-7-12)13(16)11-4-3-5-11/h11-12,14H,2-10H2,1H3. The molecule has 1 heterocycles. The number of carbonyl (C=O) groups excluding carboxylic acids is 1. The molecule has 2 aliphatic rings. The van der Waals surface area contributed by atoms with Gasteiger partial charge in [0.2, 0.25) is 5.91 Å². The molecule has 0 atom stereocenters. The number of nitrogens with zero attached hydrogens (tertiary/aromatic N) is 1. The first kappa shape index (κ1) is 11.9. The topological polar surface area (TPSA) is 32.3 Å². The molecular formula is C13H24N2O. The molecular weight excluding hydrogens is 200 g/mol. The Morgan fingerprint density at radius 3 is 2.44 bits per heavy atom. The molecule has 1 saturated carbocycles. The highest BCUT2D eigenvalue weighted by atomic mass is 16.2. The maximum absolute atomic E-state index is 12.0. The van der Waals surface area contributed by atoms with Crippen molar-refractivity contribution in [3.8, 4) is 0 Å². The van der Waals surface area contributed by atoms with Crippen molar-refractivity contribution >= 4 is 5.91 Å². The van der Waals surface area contributed by atoms with E-state index in [1.54, 1.807) is 0 Å². The minimum absolute atomic E-state index is 0.375. The van der Waals surface area contributed by atoms with Crippen LogP contribution in [-0.4, -0.2) is 36.5 Å². The van der Waals surface area contributed by atoms with Crippen molar-refractivity contribution in [3.63, 3.8) is 0 Å². The monoisotopic (exact) mass is 224 g/mol. The van der Waals surface area contributed by atoms with E-state index in [0.717, 1.165) is 45.3 Å². The number of piperidine rings is 1. The highest BCUT2D eigenvalue weighted by Crippen LogP contribution is 2.29. The molecule has 0 aromatic heterocycles. The minimum Gasteiger partial charge on any atom is -0.342 e. The van der Waals surface area contributed by atoms with Crippen molar-refractivity contribution in [2.75, 3.05) is 19.6 Å². The largest absolute Gasteiger partial charge is 0.342 e. The van der Waals surface area contributed by atoms with Gasteiger partial charge in [0.15, 0.2) is 0 Å². The molecule has 2 rings (SSSR count). The van der Waals surface area contributed by atoms with E-state index in [1.807, 2.05) is 0 Å². The van der Waals surface area contributed by atoms with Crippen LogP contribution in [0.15, 0.2) is 0 Å². The van der Waals surface area contributed by atoms with Gasteiger partial charge < -0.3 is 10.2 Å². The van der Waals surface area contributed by atoms with Gasteiger partial charge in [-0.1, -0.05) is 13.3 Å². The summed E-state index contributed by atoms with van der Waals surface area (Å²) >= 11 is 0. The van der Waals surface area contributed by atoms with E-state index in [2.05, 4.69) is 17.1 Å². The van der Waals surface area contributed by atoms with Crippen LogP contribution in [0.25, 0.3) is 0 Å². The molecule has 3 heteroatoms. The van der Waals surface area contributed by atoms with E-state index in [0.29, 0.717) is 17.9 Å². The second kappa shape index (κ2) is 5.67. The van der Waals surface area contributed by atoms with Crippen LogP contribution in [-0.2, 0) is 4.79 Å². The number of hydrogen-bond donors (Lipinski definition) is 1. The van der Waals surface area contributed by atoms with Gasteiger partial charge in [-0.05, 0) is 38.6 Å². The van der Waals surface area contributed by atoms with E-state index < -0.39 is 0 Å². The summed E-state index contributed by atoms with van der Waals surface area (Å²) in [7, 11) is 0. The van der Waals surface area contributed by atoms with E-state index in [9.17, 15) is 4.79 Å². The smallest absolute Gasteiger partial charge is 0.225 e. The Morgan fingerprint density at radius 2 is 1.94 bits per heavy atom. The number of rotatable bonds is 4. The van der Waals surface area contributed by atoms with Gasteiger partial charge >= 0.3 is 0 Å². The lowest BCUT2D eigenvalue weighted by Crippen LogP contribution is -2.47. The Hall–Kier alpha value is -0.570. The molecule has 0 spiro atoms. The van der Waals surface area contributed by atoms with E-state index in [1.165, 1.54) is 12.8 Å². The van der Waals surface area contributed by atoms with Crippen molar-refractivity contribution < 1.29 is 4.79 Å². The maximum atomic E-state index is 12.0. The fourth-order valence-electron chi connectivity index (χ4n) is 2.57. The number of nitrogens with one attached hydrogen (secondary N) is 1. The lowest BCUT2D eigenvalue weighted by Gasteiger charge is -2.36. The first-order valence-corrected chi connectivity index (χ1v) is 6.83. The van der Waals surface area contributed by atoms with Crippen LogP contribution in [0.2, 0.25) is 0 Å². The van der Waals surface area contributed by atoms with Crippen molar-refractivity contribution in [1.29, 1.82) is 0 Å². The summed E-state index contributed by atoms with van der Waals surface area (Å²) < 4.78 is 0. The molecule has 92 valence electrons. The molecule has 1 N–H and O–H groups in total. The Balaban J connectivity index is 1.69. The zero-order chi connectivity index (χ0) is 11.4. The first-order valence-electron chi connectivity index (χ1n) is 6.83. The van der Waals surface area contributed by atoms with Crippen molar-refractivity contribution in [2.45, 2.75) is 51.5 Å². The van der Waals surface area contributed by atoms with E-state index in [-0.39, 0.29) is 0 Å². The summed E-state index contributed by atoms with van der Waals surface area (Å²) in [6.45, 7) is 5.25. The zero-order valence-corrected chi connectivity index (χ0v) is 10.4. The van der Waals surface area contributed by atoms with Crippen molar-refractivity contribution in [1.82, 2.24) is 10.2 Å². The summed E-state index contributed by atoms with van der Waals surface area (Å²) in [4.78, 5) is 14.1. The normalized spacial score (nSPS) is 23.2. The van der Waals surface area contributed by atoms with Gasteiger partial charge in [-0.15, -0.1) is 0 Å². The van der Waals surface area contributed by atoms with Gasteiger partial charge in [-0.2, -0.15) is 0 Å². The predicted molar refractivity (Wildman–Crippen MR) is 65.2 cm³/mol. The Bertz CT molecular complexity index is 230. The summed E-state index contributed by atoms with van der Waals surface area (Å²) in [5.74, 6) is 0.806. The van der Waals surface area contributed by atoms with Gasteiger partial charge in [0.05, 0.1) is 0 Å². The minimum atomic E-state index is 0.375. The molecule has 0 aromatic carbocycles. The molecule has 2 fully saturated rings. The van der Waals surface area contributed by atoms with E-state index >= 15 is 0 Å². The molecule has 1 amide bonds. The summed E-state index contributed by atoms with van der Waals surface area (Å²) in [5.41, 5.74) is 0. The fourth-order valence-corrected chi connectivity index (χ4v) is 2.57. The maximum Gasteiger partial charge on any atom is 0.225 e. The van der Waals surface area contributed by atoms with Crippen LogP contribution < -0.4 is 5.32 Å². The average Bonchev–Trinajstić information content (AvgIpc) is 2.24. The molecule has 3 nitrogen and oxygen atoms in total. The lowest BCUT2D eigenvalue weighted by atomic mass is 9.84. The average molecular weight is 224 g/mol. The molecule has 1 aliphatic carbocycles. The van der Waals surface area contributed by atoms with Gasteiger partial charge in [-0.25, -0.2) is 0 Å². The zero-order valence-electron chi connectivity index (χ0n) is 10.4. The van der Waals surface area contributed by atoms with Crippen LogP contribution in [0.5, 0.6) is 0 Å². The number of carbonyl (C=O) groups is 1. The fraction of sp³-hybridized carbons (Fsp3) is 0.923. The molecule has 1 saturated heterocycles. The molecule has 0 aromatic rings. The van der Waals surface area contributed by atoms with Crippen LogP contribution in [0.1, 0.15) is 45.4 Å². The first-order chi connectivity index (χ1) is 7.81. The van der Waals surface area contributed by atoms with Gasteiger partial charge in [-0.3, -0.25) is 4.79 Å². The quantitative estimate of drug-likeness (QED) is 0.789. The molecule has 1 aliphatic heterocycles. The van der Waals surface area contributed by atoms with Crippen LogP contribution in [0, 0.1) is 5.92 Å². The van der Waals surface area contributed by atoms with Crippen LogP contribution in [0.4, 0.5) is 0 Å². The molecule has 0 radical (unpaired) electrons. The number of amides is 1. The number of likely N-dealkylation sites (tertiary alicyclic amines) is 1. The third kappa shape index (κ3) is 2.76. The highest BCUT2D eigenvalue weighted by molar-refractivity contribution is 5.79. The third-order valence-electron chi connectivity index (χ3n) is 3.94. The van der Waals surface area contributed by atoms with Crippen molar-refractivity contribution in [2.24, 2.45) is 5.92 Å². The summed E-state index contributed by atoms with van der Waals surface area (Å²) in [5, 5.41) is 3.55. The Labute approximate surface area is 98.6 Å². The van der Waals surface area contributed by atoms with Gasteiger partial charge in [0.1, 0.15) is 0 Å². The Morgan fingerprint density at radius 1 is 1.25 bits per heavy atom.